The van der Waals surface area contributed by atoms with Crippen LogP contribution in [0, 0.1) is 0 Å². The number of nitrogens with zero attached hydrogens (tertiary/aromatic N) is 1. The van der Waals surface area contributed by atoms with Gasteiger partial charge in [0.25, 0.3) is 0 Å². The molecule has 0 spiro atoms. The number of aromatic hydroxyl groups is 1. The summed E-state index contributed by atoms with van der Waals surface area (Å²) in [6.45, 7) is 1.66. The van der Waals surface area contributed by atoms with Gasteiger partial charge in [-0.1, -0.05) is 35.3 Å². The lowest BCUT2D eigenvalue weighted by atomic mass is 10.1. The molecule has 2 rings (SSSR count). The van der Waals surface area contributed by atoms with Crippen LogP contribution < -0.4 is 4.72 Å². The zero-order valence-electron chi connectivity index (χ0n) is 10.9. The van der Waals surface area contributed by atoms with E-state index in [-0.39, 0.29) is 20.8 Å². The minimum Gasteiger partial charge on any atom is -0.508 e. The summed E-state index contributed by atoms with van der Waals surface area (Å²) in [4.78, 5) is 3.63. The Bertz CT molecular complexity index is 766. The third kappa shape index (κ3) is 3.85. The molecule has 0 fully saturated rings. The first-order chi connectivity index (χ1) is 9.79. The van der Waals surface area contributed by atoms with Gasteiger partial charge in [0.15, 0.2) is 0 Å². The number of sulfonamides is 1. The van der Waals surface area contributed by atoms with E-state index in [9.17, 15) is 13.5 Å². The molecule has 112 valence electrons. The summed E-state index contributed by atoms with van der Waals surface area (Å²) in [5, 5.41) is 9.52. The second kappa shape index (κ2) is 6.19. The van der Waals surface area contributed by atoms with Crippen molar-refractivity contribution < 1.29 is 13.5 Å². The van der Waals surface area contributed by atoms with Crippen LogP contribution in [0.2, 0.25) is 10.2 Å². The van der Waals surface area contributed by atoms with Gasteiger partial charge in [0.1, 0.15) is 15.8 Å². The summed E-state index contributed by atoms with van der Waals surface area (Å²) in [5.74, 6) is 0.0646. The molecule has 2 N–H and O–H groups in total. The monoisotopic (exact) mass is 346 g/mol. The minimum atomic E-state index is -3.80. The quantitative estimate of drug-likeness (QED) is 0.833. The van der Waals surface area contributed by atoms with Crippen molar-refractivity contribution >= 4 is 33.2 Å². The summed E-state index contributed by atoms with van der Waals surface area (Å²) < 4.78 is 27.0. The number of phenols is 1. The first kappa shape index (κ1) is 16.0. The molecular weight excluding hydrogens is 335 g/mol. The van der Waals surface area contributed by atoms with E-state index in [0.717, 1.165) is 6.20 Å². The Morgan fingerprint density at radius 3 is 2.62 bits per heavy atom. The number of hydrogen-bond acceptors (Lipinski definition) is 4. The highest BCUT2D eigenvalue weighted by molar-refractivity contribution is 7.89. The van der Waals surface area contributed by atoms with Gasteiger partial charge in [0, 0.05) is 12.2 Å². The van der Waals surface area contributed by atoms with Crippen LogP contribution in [-0.2, 0) is 10.0 Å². The molecular formula is C13H12Cl2N2O3S. The summed E-state index contributed by atoms with van der Waals surface area (Å²) in [5.41, 5.74) is 0.631. The number of nitrogens with one attached hydrogen (secondary N) is 1. The lowest BCUT2D eigenvalue weighted by Crippen LogP contribution is -2.27. The van der Waals surface area contributed by atoms with Gasteiger partial charge in [-0.15, -0.1) is 0 Å². The predicted molar refractivity (Wildman–Crippen MR) is 81.1 cm³/mol. The summed E-state index contributed by atoms with van der Waals surface area (Å²) >= 11 is 11.4. The van der Waals surface area contributed by atoms with Crippen molar-refractivity contribution in [3.05, 3.63) is 52.3 Å². The summed E-state index contributed by atoms with van der Waals surface area (Å²) in [7, 11) is -3.80. The molecule has 2 aromatic rings. The van der Waals surface area contributed by atoms with Crippen molar-refractivity contribution in [1.82, 2.24) is 9.71 Å². The van der Waals surface area contributed by atoms with Gasteiger partial charge in [-0.3, -0.25) is 0 Å². The molecule has 1 aromatic carbocycles. The largest absolute Gasteiger partial charge is 0.508 e. The van der Waals surface area contributed by atoms with Crippen molar-refractivity contribution in [2.24, 2.45) is 0 Å². The molecule has 5 nitrogen and oxygen atoms in total. The van der Waals surface area contributed by atoms with Crippen molar-refractivity contribution in [3.63, 3.8) is 0 Å². The normalized spacial score (nSPS) is 13.1. The molecule has 0 saturated carbocycles. The van der Waals surface area contributed by atoms with Crippen molar-refractivity contribution in [2.75, 3.05) is 0 Å². The van der Waals surface area contributed by atoms with E-state index in [1.54, 1.807) is 19.1 Å². The van der Waals surface area contributed by atoms with Crippen LogP contribution in [0.1, 0.15) is 18.5 Å². The molecule has 0 saturated heterocycles. The number of rotatable bonds is 4. The zero-order valence-corrected chi connectivity index (χ0v) is 13.2. The van der Waals surface area contributed by atoms with E-state index in [2.05, 4.69) is 9.71 Å². The number of aromatic nitrogens is 1. The molecule has 0 radical (unpaired) electrons. The SMILES string of the molecule is CC(NS(=O)(=O)c1cnc(Cl)c(Cl)c1)c1cccc(O)c1. The fourth-order valence-corrected chi connectivity index (χ4v) is 3.25. The second-order valence-corrected chi connectivity index (χ2v) is 6.86. The maximum absolute atomic E-state index is 12.2. The molecule has 21 heavy (non-hydrogen) atoms. The maximum Gasteiger partial charge on any atom is 0.242 e. The molecule has 0 bridgehead atoms. The molecule has 1 aromatic heterocycles. The van der Waals surface area contributed by atoms with Gasteiger partial charge >= 0.3 is 0 Å². The highest BCUT2D eigenvalue weighted by atomic mass is 35.5. The molecule has 8 heteroatoms. The molecule has 1 heterocycles. The van der Waals surface area contributed by atoms with E-state index in [1.165, 1.54) is 18.2 Å². The van der Waals surface area contributed by atoms with Gasteiger partial charge in [0.2, 0.25) is 10.0 Å². The Balaban J connectivity index is 2.26. The van der Waals surface area contributed by atoms with E-state index >= 15 is 0 Å². The third-order valence-corrected chi connectivity index (χ3v) is 4.98. The van der Waals surface area contributed by atoms with Crippen LogP contribution in [0.4, 0.5) is 0 Å². The van der Waals surface area contributed by atoms with E-state index < -0.39 is 16.1 Å². The van der Waals surface area contributed by atoms with Gasteiger partial charge in [-0.25, -0.2) is 18.1 Å². The van der Waals surface area contributed by atoms with Crippen molar-refractivity contribution in [2.45, 2.75) is 17.9 Å². The van der Waals surface area contributed by atoms with Crippen LogP contribution in [0.15, 0.2) is 41.4 Å². The lowest BCUT2D eigenvalue weighted by Gasteiger charge is -2.15. The van der Waals surface area contributed by atoms with Crippen molar-refractivity contribution in [3.8, 4) is 5.75 Å². The van der Waals surface area contributed by atoms with Crippen LogP contribution in [-0.4, -0.2) is 18.5 Å². The van der Waals surface area contributed by atoms with Gasteiger partial charge in [0.05, 0.1) is 5.02 Å². The summed E-state index contributed by atoms with van der Waals surface area (Å²) in [6.07, 6.45) is 1.13. The standard InChI is InChI=1S/C13H12Cl2N2O3S/c1-8(9-3-2-4-10(18)5-9)17-21(19,20)11-6-12(14)13(15)16-7-11/h2-8,17-18H,1H3. The fraction of sp³-hybridized carbons (Fsp3) is 0.154. The van der Waals surface area contributed by atoms with Crippen LogP contribution >= 0.6 is 23.2 Å². The second-order valence-electron chi connectivity index (χ2n) is 4.38. The first-order valence-electron chi connectivity index (χ1n) is 5.92. The first-order valence-corrected chi connectivity index (χ1v) is 8.16. The number of halogens is 2. The number of benzene rings is 1. The number of hydrogen-bond donors (Lipinski definition) is 2. The van der Waals surface area contributed by atoms with Gasteiger partial charge in [-0.05, 0) is 30.7 Å². The van der Waals surface area contributed by atoms with Gasteiger partial charge in [-0.2, -0.15) is 0 Å². The van der Waals surface area contributed by atoms with E-state index in [1.807, 2.05) is 0 Å². The van der Waals surface area contributed by atoms with Crippen LogP contribution in [0.25, 0.3) is 0 Å². The zero-order chi connectivity index (χ0) is 15.6. The smallest absolute Gasteiger partial charge is 0.242 e. The van der Waals surface area contributed by atoms with Gasteiger partial charge < -0.3 is 5.11 Å². The highest BCUT2D eigenvalue weighted by Gasteiger charge is 2.20. The average Bonchev–Trinajstić information content (AvgIpc) is 2.41. The Morgan fingerprint density at radius 2 is 2.00 bits per heavy atom. The lowest BCUT2D eigenvalue weighted by molar-refractivity contribution is 0.473. The predicted octanol–water partition coefficient (Wildman–Crippen LogP) is 3.13. The average molecular weight is 347 g/mol. The minimum absolute atomic E-state index is 0.0386. The van der Waals surface area contributed by atoms with E-state index in [4.69, 9.17) is 23.2 Å². The third-order valence-electron chi connectivity index (χ3n) is 2.78. The Labute approximate surface area is 132 Å². The molecule has 0 aliphatic carbocycles. The molecule has 1 atom stereocenters. The van der Waals surface area contributed by atoms with E-state index in [0.29, 0.717) is 5.56 Å². The fourth-order valence-electron chi connectivity index (χ4n) is 1.71. The van der Waals surface area contributed by atoms with Crippen molar-refractivity contribution in [1.29, 1.82) is 0 Å². The summed E-state index contributed by atoms with van der Waals surface area (Å²) in [6, 6.07) is 7.04. The van der Waals surface area contributed by atoms with Crippen LogP contribution in [0.3, 0.4) is 0 Å². The number of pyridine rings is 1. The molecule has 0 aliphatic heterocycles. The Hall–Kier alpha value is -1.34. The van der Waals surface area contributed by atoms with Crippen LogP contribution in [0.5, 0.6) is 5.75 Å². The number of phenolic OH excluding ortho intramolecular Hbond substituents is 1. The molecule has 0 amide bonds. The molecule has 1 unspecified atom stereocenters. The Morgan fingerprint density at radius 1 is 1.29 bits per heavy atom. The maximum atomic E-state index is 12.2. The molecule has 0 aliphatic rings. The topological polar surface area (TPSA) is 79.3 Å². The Kier molecular flexibility index (Phi) is 4.73. The highest BCUT2D eigenvalue weighted by Crippen LogP contribution is 2.24.